The number of amides is 1. The molecule has 1 aromatic heterocycles. The van der Waals surface area contributed by atoms with Crippen molar-refractivity contribution in [2.75, 3.05) is 0 Å². The second-order valence-electron chi connectivity index (χ2n) is 6.12. The minimum absolute atomic E-state index is 0.371. The number of ether oxygens (including phenoxy) is 1. The smallest absolute Gasteiger partial charge is 0.408 e. The maximum atomic E-state index is 12.1. The molecule has 0 saturated heterocycles. The highest BCUT2D eigenvalue weighted by Gasteiger charge is 2.22. The van der Waals surface area contributed by atoms with Crippen LogP contribution in [0.1, 0.15) is 32.4 Å². The van der Waals surface area contributed by atoms with Crippen LogP contribution >= 0.6 is 23.2 Å². The summed E-state index contributed by atoms with van der Waals surface area (Å²) in [6.45, 7) is 5.91. The zero-order valence-corrected chi connectivity index (χ0v) is 14.7. The SMILES string of the molecule is CC(C)(C)OC(=O)N[C@@H](Cn1ccnc1)c1ccc(Cl)cc1Cl. The van der Waals surface area contributed by atoms with Crippen LogP contribution in [0.4, 0.5) is 4.79 Å². The van der Waals surface area contributed by atoms with Gasteiger partial charge in [0, 0.05) is 29.0 Å². The molecule has 7 heteroatoms. The first kappa shape index (κ1) is 17.6. The lowest BCUT2D eigenvalue weighted by Gasteiger charge is -2.24. The molecule has 5 nitrogen and oxygen atoms in total. The summed E-state index contributed by atoms with van der Waals surface area (Å²) in [7, 11) is 0. The minimum Gasteiger partial charge on any atom is -0.444 e. The summed E-state index contributed by atoms with van der Waals surface area (Å²) in [4.78, 5) is 16.1. The van der Waals surface area contributed by atoms with Gasteiger partial charge in [-0.2, -0.15) is 0 Å². The van der Waals surface area contributed by atoms with E-state index in [0.29, 0.717) is 16.6 Å². The highest BCUT2D eigenvalue weighted by Crippen LogP contribution is 2.27. The molecule has 1 aromatic carbocycles. The van der Waals surface area contributed by atoms with Crippen LogP contribution in [-0.2, 0) is 11.3 Å². The van der Waals surface area contributed by atoms with Crippen LogP contribution in [0.3, 0.4) is 0 Å². The number of nitrogens with zero attached hydrogens (tertiary/aromatic N) is 2. The van der Waals surface area contributed by atoms with Crippen molar-refractivity contribution in [2.45, 2.75) is 39.0 Å². The molecule has 0 radical (unpaired) electrons. The molecule has 0 unspecified atom stereocenters. The van der Waals surface area contributed by atoms with Gasteiger partial charge in [0.1, 0.15) is 5.60 Å². The zero-order chi connectivity index (χ0) is 17.0. The number of halogens is 2. The summed E-state index contributed by atoms with van der Waals surface area (Å²) in [6, 6.07) is 4.81. The summed E-state index contributed by atoms with van der Waals surface area (Å²) < 4.78 is 7.18. The first-order valence-corrected chi connectivity index (χ1v) is 7.90. The standard InChI is InChI=1S/C16H19Cl2N3O2/c1-16(2,3)23-15(22)20-14(9-21-7-6-19-10-21)12-5-4-11(17)8-13(12)18/h4-8,10,14H,9H2,1-3H3,(H,20,22)/t14-/m0/s1. The van der Waals surface area contributed by atoms with Crippen molar-refractivity contribution < 1.29 is 9.53 Å². The molecule has 0 spiro atoms. The first-order chi connectivity index (χ1) is 10.7. The van der Waals surface area contributed by atoms with Crippen LogP contribution in [0.2, 0.25) is 10.0 Å². The molecule has 1 heterocycles. The number of carbonyl (C=O) groups is 1. The predicted molar refractivity (Wildman–Crippen MR) is 90.8 cm³/mol. The molecule has 1 atom stereocenters. The lowest BCUT2D eigenvalue weighted by molar-refractivity contribution is 0.0498. The number of carbonyl (C=O) groups excluding carboxylic acids is 1. The van der Waals surface area contributed by atoms with Crippen molar-refractivity contribution in [3.8, 4) is 0 Å². The van der Waals surface area contributed by atoms with Gasteiger partial charge in [-0.05, 0) is 38.5 Å². The fraction of sp³-hybridized carbons (Fsp3) is 0.375. The number of hydrogen-bond donors (Lipinski definition) is 1. The third kappa shape index (κ3) is 5.44. The van der Waals surface area contributed by atoms with E-state index in [4.69, 9.17) is 27.9 Å². The molecule has 23 heavy (non-hydrogen) atoms. The number of benzene rings is 1. The normalized spacial score (nSPS) is 12.7. The van der Waals surface area contributed by atoms with Gasteiger partial charge in [0.15, 0.2) is 0 Å². The van der Waals surface area contributed by atoms with E-state index >= 15 is 0 Å². The Balaban J connectivity index is 2.22. The third-order valence-corrected chi connectivity index (χ3v) is 3.54. The Morgan fingerprint density at radius 1 is 1.39 bits per heavy atom. The van der Waals surface area contributed by atoms with Crippen molar-refractivity contribution in [1.82, 2.24) is 14.9 Å². The fourth-order valence-corrected chi connectivity index (χ4v) is 2.60. The number of nitrogens with one attached hydrogen (secondary N) is 1. The Kier molecular flexibility index (Phi) is 5.55. The van der Waals surface area contributed by atoms with Crippen molar-refractivity contribution in [1.29, 1.82) is 0 Å². The average molecular weight is 356 g/mol. The second-order valence-corrected chi connectivity index (χ2v) is 6.97. The molecule has 0 aliphatic rings. The summed E-state index contributed by atoms with van der Waals surface area (Å²) in [5.41, 5.74) is 0.184. The second kappa shape index (κ2) is 7.23. The topological polar surface area (TPSA) is 56.1 Å². The Labute approximate surface area is 145 Å². The van der Waals surface area contributed by atoms with Crippen molar-refractivity contribution in [3.63, 3.8) is 0 Å². The van der Waals surface area contributed by atoms with Crippen LogP contribution < -0.4 is 5.32 Å². The molecule has 1 N–H and O–H groups in total. The summed E-state index contributed by atoms with van der Waals surface area (Å²) >= 11 is 12.2. The molecule has 124 valence electrons. The number of rotatable bonds is 4. The van der Waals surface area contributed by atoms with Crippen LogP contribution in [0, 0.1) is 0 Å². The summed E-state index contributed by atoms with van der Waals surface area (Å²) in [5, 5.41) is 3.88. The van der Waals surface area contributed by atoms with Gasteiger partial charge in [-0.3, -0.25) is 0 Å². The summed E-state index contributed by atoms with van der Waals surface area (Å²) in [6.07, 6.45) is 4.66. The molecule has 2 aromatic rings. The molecule has 2 rings (SSSR count). The van der Waals surface area contributed by atoms with Crippen molar-refractivity contribution >= 4 is 29.3 Å². The minimum atomic E-state index is -0.576. The van der Waals surface area contributed by atoms with Gasteiger partial charge in [-0.1, -0.05) is 29.3 Å². The van der Waals surface area contributed by atoms with Crippen molar-refractivity contribution in [3.05, 3.63) is 52.5 Å². The molecule has 0 aliphatic carbocycles. The van der Waals surface area contributed by atoms with Crippen LogP contribution in [0.25, 0.3) is 0 Å². The summed E-state index contributed by atoms with van der Waals surface area (Å²) in [5.74, 6) is 0. The highest BCUT2D eigenvalue weighted by atomic mass is 35.5. The molecule has 0 saturated carbocycles. The van der Waals surface area contributed by atoms with Gasteiger partial charge in [0.2, 0.25) is 0 Å². The first-order valence-electron chi connectivity index (χ1n) is 7.15. The van der Waals surface area contributed by atoms with Gasteiger partial charge >= 0.3 is 6.09 Å². The van der Waals surface area contributed by atoms with Gasteiger partial charge < -0.3 is 14.6 Å². The lowest BCUT2D eigenvalue weighted by Crippen LogP contribution is -2.36. The van der Waals surface area contributed by atoms with E-state index in [9.17, 15) is 4.79 Å². The van der Waals surface area contributed by atoms with E-state index in [1.54, 1.807) is 30.7 Å². The Morgan fingerprint density at radius 2 is 2.13 bits per heavy atom. The highest BCUT2D eigenvalue weighted by molar-refractivity contribution is 6.35. The predicted octanol–water partition coefficient (Wildman–Crippen LogP) is 4.46. The lowest BCUT2D eigenvalue weighted by atomic mass is 10.1. The van der Waals surface area contributed by atoms with Crippen LogP contribution in [-0.4, -0.2) is 21.2 Å². The van der Waals surface area contributed by atoms with Crippen LogP contribution in [0.15, 0.2) is 36.9 Å². The number of alkyl carbamates (subject to hydrolysis) is 1. The number of imidazole rings is 1. The van der Waals surface area contributed by atoms with E-state index in [0.717, 1.165) is 5.56 Å². The van der Waals surface area contributed by atoms with Crippen LogP contribution in [0.5, 0.6) is 0 Å². The number of hydrogen-bond acceptors (Lipinski definition) is 3. The zero-order valence-electron chi connectivity index (χ0n) is 13.2. The molecular formula is C16H19Cl2N3O2. The van der Waals surface area contributed by atoms with E-state index in [1.807, 2.05) is 31.5 Å². The molecular weight excluding hydrogens is 337 g/mol. The monoisotopic (exact) mass is 355 g/mol. The fourth-order valence-electron chi connectivity index (χ4n) is 2.06. The van der Waals surface area contributed by atoms with Gasteiger partial charge in [-0.15, -0.1) is 0 Å². The Morgan fingerprint density at radius 3 is 2.70 bits per heavy atom. The van der Waals surface area contributed by atoms with E-state index in [1.165, 1.54) is 0 Å². The molecule has 0 aliphatic heterocycles. The molecule has 0 bridgehead atoms. The van der Waals surface area contributed by atoms with E-state index in [2.05, 4.69) is 10.3 Å². The van der Waals surface area contributed by atoms with Gasteiger partial charge in [0.25, 0.3) is 0 Å². The Bertz CT molecular complexity index is 666. The maximum absolute atomic E-state index is 12.1. The number of aromatic nitrogens is 2. The van der Waals surface area contributed by atoms with E-state index < -0.39 is 11.7 Å². The Hall–Kier alpha value is -1.72. The molecule has 1 amide bonds. The quantitative estimate of drug-likeness (QED) is 0.880. The third-order valence-electron chi connectivity index (χ3n) is 2.98. The van der Waals surface area contributed by atoms with Gasteiger partial charge in [0.05, 0.1) is 12.4 Å². The van der Waals surface area contributed by atoms with Gasteiger partial charge in [-0.25, -0.2) is 9.78 Å². The van der Waals surface area contributed by atoms with E-state index in [-0.39, 0.29) is 6.04 Å². The molecule has 0 fully saturated rings. The largest absolute Gasteiger partial charge is 0.444 e. The maximum Gasteiger partial charge on any atom is 0.408 e. The average Bonchev–Trinajstić information content (AvgIpc) is 2.88. The van der Waals surface area contributed by atoms with Crippen molar-refractivity contribution in [2.24, 2.45) is 0 Å².